The van der Waals surface area contributed by atoms with Gasteiger partial charge in [-0.25, -0.2) is 0 Å². The molecule has 0 bridgehead atoms. The van der Waals surface area contributed by atoms with Crippen LogP contribution in [0.1, 0.15) is 53.6 Å². The maximum atomic E-state index is 12.6. The Balaban J connectivity index is 1.75. The van der Waals surface area contributed by atoms with Crippen molar-refractivity contribution >= 4 is 62.8 Å². The third-order valence-corrected chi connectivity index (χ3v) is 7.46. The lowest BCUT2D eigenvalue weighted by Crippen LogP contribution is -2.34. The van der Waals surface area contributed by atoms with Crippen molar-refractivity contribution in [2.24, 2.45) is 11.3 Å². The highest BCUT2D eigenvalue weighted by molar-refractivity contribution is 7.80. The third-order valence-electron chi connectivity index (χ3n) is 5.52. The van der Waals surface area contributed by atoms with Gasteiger partial charge in [-0.2, -0.15) is 5.26 Å². The smallest absolute Gasteiger partial charge is 0.257 e. The highest BCUT2D eigenvalue weighted by atomic mass is 35.5. The Bertz CT molecular complexity index is 1060. The first-order valence-corrected chi connectivity index (χ1v) is 11.7. The number of carbonyl (C=O) groups is 1. The van der Waals surface area contributed by atoms with Crippen LogP contribution in [-0.4, -0.2) is 18.1 Å². The number of carbonyl (C=O) groups excluding carboxylic acids is 1. The molecule has 0 unspecified atom stereocenters. The quantitative estimate of drug-likeness (QED) is 0.494. The van der Waals surface area contributed by atoms with Crippen molar-refractivity contribution in [3.8, 4) is 11.8 Å². The second-order valence-corrected chi connectivity index (χ2v) is 10.8. The number of thiophene rings is 1. The summed E-state index contributed by atoms with van der Waals surface area (Å²) in [6.45, 7) is 6.76. The van der Waals surface area contributed by atoms with E-state index in [-0.39, 0.29) is 26.1 Å². The molecule has 1 heterocycles. The van der Waals surface area contributed by atoms with Gasteiger partial charge in [0, 0.05) is 10.4 Å². The maximum absolute atomic E-state index is 12.6. The number of anilines is 1. The van der Waals surface area contributed by atoms with Crippen LogP contribution in [0.3, 0.4) is 0 Å². The van der Waals surface area contributed by atoms with Gasteiger partial charge >= 0.3 is 0 Å². The Morgan fingerprint density at radius 3 is 2.52 bits per heavy atom. The average molecular weight is 496 g/mol. The summed E-state index contributed by atoms with van der Waals surface area (Å²) in [6.07, 6.45) is 2.88. The minimum atomic E-state index is -0.462. The molecule has 0 saturated carbocycles. The zero-order valence-corrected chi connectivity index (χ0v) is 20.8. The average Bonchev–Trinajstić information content (AvgIpc) is 3.02. The number of rotatable bonds is 3. The number of nitriles is 1. The maximum Gasteiger partial charge on any atom is 0.257 e. The number of hydrogen-bond donors (Lipinski definition) is 2. The summed E-state index contributed by atoms with van der Waals surface area (Å²) < 4.78 is 5.10. The number of amides is 1. The minimum absolute atomic E-state index is 0.107. The minimum Gasteiger partial charge on any atom is -0.494 e. The monoisotopic (exact) mass is 495 g/mol. The number of ether oxygens (including phenoxy) is 1. The van der Waals surface area contributed by atoms with Crippen LogP contribution in [-0.2, 0) is 12.8 Å². The summed E-state index contributed by atoms with van der Waals surface area (Å²) in [7, 11) is 1.45. The van der Waals surface area contributed by atoms with Crippen molar-refractivity contribution in [3.05, 3.63) is 43.7 Å². The number of thiocarbonyl (C=S) groups is 1. The van der Waals surface area contributed by atoms with Gasteiger partial charge in [0.1, 0.15) is 11.1 Å². The van der Waals surface area contributed by atoms with E-state index in [0.29, 0.717) is 22.2 Å². The van der Waals surface area contributed by atoms with E-state index in [1.807, 2.05) is 0 Å². The summed E-state index contributed by atoms with van der Waals surface area (Å²) in [5.41, 5.74) is 2.17. The molecule has 0 fully saturated rings. The molecule has 0 saturated heterocycles. The molecule has 2 N–H and O–H groups in total. The zero-order valence-electron chi connectivity index (χ0n) is 17.7. The van der Waals surface area contributed by atoms with Crippen LogP contribution in [0.5, 0.6) is 5.75 Å². The van der Waals surface area contributed by atoms with Gasteiger partial charge in [0.25, 0.3) is 5.91 Å². The van der Waals surface area contributed by atoms with Gasteiger partial charge in [-0.3, -0.25) is 10.1 Å². The van der Waals surface area contributed by atoms with Crippen LogP contribution in [0.25, 0.3) is 0 Å². The molecule has 1 aliphatic rings. The number of benzene rings is 1. The Labute approximate surface area is 201 Å². The van der Waals surface area contributed by atoms with Crippen molar-refractivity contribution in [2.45, 2.75) is 40.0 Å². The highest BCUT2D eigenvalue weighted by Crippen LogP contribution is 2.44. The van der Waals surface area contributed by atoms with Gasteiger partial charge in [-0.15, -0.1) is 11.3 Å². The number of hydrogen-bond acceptors (Lipinski definition) is 5. The highest BCUT2D eigenvalue weighted by Gasteiger charge is 2.32. The molecular formula is C22H23Cl2N3O2S2. The molecule has 164 valence electrons. The van der Waals surface area contributed by atoms with Gasteiger partial charge in [-0.05, 0) is 60.5 Å². The van der Waals surface area contributed by atoms with Gasteiger partial charge in [0.05, 0.1) is 22.7 Å². The lowest BCUT2D eigenvalue weighted by molar-refractivity contribution is 0.0977. The lowest BCUT2D eigenvalue weighted by Gasteiger charge is -2.33. The van der Waals surface area contributed by atoms with Gasteiger partial charge in [-0.1, -0.05) is 44.0 Å². The Kier molecular flexibility index (Phi) is 7.17. The van der Waals surface area contributed by atoms with E-state index in [9.17, 15) is 10.1 Å². The molecule has 1 aliphatic carbocycles. The number of methoxy groups -OCH3 is 1. The van der Waals surface area contributed by atoms with Crippen molar-refractivity contribution in [1.82, 2.24) is 5.32 Å². The molecular weight excluding hydrogens is 473 g/mol. The molecule has 9 heteroatoms. The molecule has 1 amide bonds. The second kappa shape index (κ2) is 9.33. The summed E-state index contributed by atoms with van der Waals surface area (Å²) in [5.74, 6) is 0.405. The molecule has 0 radical (unpaired) electrons. The fourth-order valence-corrected chi connectivity index (χ4v) is 5.91. The number of fused-ring (bicyclic) bond motifs is 1. The van der Waals surface area contributed by atoms with E-state index >= 15 is 0 Å². The zero-order chi connectivity index (χ0) is 22.9. The summed E-state index contributed by atoms with van der Waals surface area (Å²) in [4.78, 5) is 13.8. The molecule has 3 rings (SSSR count). The van der Waals surface area contributed by atoms with Crippen LogP contribution in [0.4, 0.5) is 5.00 Å². The Morgan fingerprint density at radius 2 is 1.97 bits per heavy atom. The van der Waals surface area contributed by atoms with Gasteiger partial charge < -0.3 is 10.1 Å². The summed E-state index contributed by atoms with van der Waals surface area (Å²) >= 11 is 19.1. The molecule has 5 nitrogen and oxygen atoms in total. The first-order chi connectivity index (χ1) is 14.5. The SMILES string of the molecule is COc1c(Cl)cc(C(=O)NC(=S)Nc2sc3c(c2C#N)CC[C@@H](C(C)(C)C)C3)cc1Cl. The standard InChI is InChI=1S/C22H23Cl2N3O2S2/c1-22(2,3)12-5-6-13-14(10-25)20(31-17(13)9-12)27-21(30)26-19(28)11-7-15(23)18(29-4)16(24)8-11/h7-8,12H,5-6,9H2,1-4H3,(H2,26,27,28,30)/t12-/m1/s1. The van der Waals surface area contributed by atoms with Gasteiger partial charge in [0.15, 0.2) is 10.9 Å². The van der Waals surface area contributed by atoms with Crippen LogP contribution in [0.2, 0.25) is 10.0 Å². The first-order valence-electron chi connectivity index (χ1n) is 9.75. The molecule has 1 aromatic heterocycles. The fourth-order valence-electron chi connectivity index (χ4n) is 3.73. The van der Waals surface area contributed by atoms with Crippen LogP contribution in [0.15, 0.2) is 12.1 Å². The number of halogens is 2. The molecule has 0 aliphatic heterocycles. The van der Waals surface area contributed by atoms with E-state index in [4.69, 9.17) is 40.2 Å². The molecule has 31 heavy (non-hydrogen) atoms. The van der Waals surface area contributed by atoms with Crippen LogP contribution >= 0.6 is 46.8 Å². The topological polar surface area (TPSA) is 74.2 Å². The molecule has 1 atom stereocenters. The Hall–Kier alpha value is -1.85. The Morgan fingerprint density at radius 1 is 1.32 bits per heavy atom. The fraction of sp³-hybridized carbons (Fsp3) is 0.409. The van der Waals surface area contributed by atoms with E-state index in [1.165, 1.54) is 35.5 Å². The van der Waals surface area contributed by atoms with Crippen LogP contribution < -0.4 is 15.4 Å². The largest absolute Gasteiger partial charge is 0.494 e. The lowest BCUT2D eigenvalue weighted by atomic mass is 9.72. The van der Waals surface area contributed by atoms with Crippen LogP contribution in [0, 0.1) is 22.7 Å². The number of nitrogens with one attached hydrogen (secondary N) is 2. The first kappa shape index (κ1) is 23.8. The molecule has 2 aromatic rings. The van der Waals surface area contributed by atoms with E-state index in [2.05, 4.69) is 37.5 Å². The van der Waals surface area contributed by atoms with E-state index < -0.39 is 5.91 Å². The van der Waals surface area contributed by atoms with Crippen molar-refractivity contribution in [2.75, 3.05) is 12.4 Å². The normalized spacial score (nSPS) is 15.6. The van der Waals surface area contributed by atoms with E-state index in [0.717, 1.165) is 24.8 Å². The van der Waals surface area contributed by atoms with Crippen molar-refractivity contribution in [3.63, 3.8) is 0 Å². The molecule has 0 spiro atoms. The second-order valence-electron chi connectivity index (χ2n) is 8.51. The summed E-state index contributed by atoms with van der Waals surface area (Å²) in [6, 6.07) is 5.22. The third kappa shape index (κ3) is 5.15. The van der Waals surface area contributed by atoms with Crippen molar-refractivity contribution in [1.29, 1.82) is 5.26 Å². The van der Waals surface area contributed by atoms with E-state index in [1.54, 1.807) is 0 Å². The predicted octanol–water partition coefficient (Wildman–Crippen LogP) is 6.21. The molecule has 1 aromatic carbocycles. The predicted molar refractivity (Wildman–Crippen MR) is 131 cm³/mol. The van der Waals surface area contributed by atoms with Gasteiger partial charge in [0.2, 0.25) is 0 Å². The number of nitrogens with zero attached hydrogens (tertiary/aromatic N) is 1. The van der Waals surface area contributed by atoms with Crippen molar-refractivity contribution < 1.29 is 9.53 Å². The summed E-state index contributed by atoms with van der Waals surface area (Å²) in [5, 5.41) is 16.6.